The number of carbonyl (C=O) groups excluding carboxylic acids is 2. The van der Waals surface area contributed by atoms with Gasteiger partial charge in [-0.05, 0) is 55.7 Å². The molecule has 0 aliphatic rings. The number of rotatable bonds is 10. The fourth-order valence-corrected chi connectivity index (χ4v) is 4.32. The Morgan fingerprint density at radius 2 is 1.78 bits per heavy atom. The molecule has 2 amide bonds. The molecule has 7 nitrogen and oxygen atoms in total. The Morgan fingerprint density at radius 3 is 2.34 bits per heavy atom. The van der Waals surface area contributed by atoms with Crippen molar-refractivity contribution in [2.24, 2.45) is 0 Å². The molecule has 0 bridgehead atoms. The predicted octanol–water partition coefficient (Wildman–Crippen LogP) is 2.84. The van der Waals surface area contributed by atoms with Gasteiger partial charge in [-0.25, -0.2) is 12.8 Å². The quantitative estimate of drug-likeness (QED) is 0.587. The summed E-state index contributed by atoms with van der Waals surface area (Å²) in [6.45, 7) is 3.77. The van der Waals surface area contributed by atoms with Gasteiger partial charge in [-0.3, -0.25) is 13.9 Å². The van der Waals surface area contributed by atoms with E-state index in [4.69, 9.17) is 0 Å². The van der Waals surface area contributed by atoms with Crippen LogP contribution in [0.15, 0.2) is 48.5 Å². The maximum Gasteiger partial charge on any atom is 0.242 e. The molecule has 0 spiro atoms. The van der Waals surface area contributed by atoms with E-state index >= 15 is 0 Å². The van der Waals surface area contributed by atoms with Gasteiger partial charge >= 0.3 is 0 Å². The van der Waals surface area contributed by atoms with Crippen LogP contribution in [0.3, 0.4) is 0 Å². The Bertz CT molecular complexity index is 1040. The van der Waals surface area contributed by atoms with Crippen LogP contribution in [0.25, 0.3) is 0 Å². The van der Waals surface area contributed by atoms with E-state index in [1.165, 1.54) is 28.4 Å². The Morgan fingerprint density at radius 1 is 1.12 bits per heavy atom. The first-order valence-electron chi connectivity index (χ1n) is 10.3. The van der Waals surface area contributed by atoms with E-state index in [-0.39, 0.29) is 43.6 Å². The van der Waals surface area contributed by atoms with Gasteiger partial charge in [0.1, 0.15) is 11.9 Å². The van der Waals surface area contributed by atoms with Crippen LogP contribution >= 0.6 is 0 Å². The van der Waals surface area contributed by atoms with E-state index in [1.807, 2.05) is 13.0 Å². The van der Waals surface area contributed by atoms with Crippen molar-refractivity contribution in [1.29, 1.82) is 0 Å². The van der Waals surface area contributed by atoms with Crippen molar-refractivity contribution in [2.45, 2.75) is 39.3 Å². The van der Waals surface area contributed by atoms with Gasteiger partial charge in [-0.15, -0.1) is 0 Å². The summed E-state index contributed by atoms with van der Waals surface area (Å²) in [5.41, 5.74) is 2.16. The molecule has 2 rings (SSSR count). The third-order valence-corrected chi connectivity index (χ3v) is 6.32. The van der Waals surface area contributed by atoms with E-state index in [1.54, 1.807) is 37.3 Å². The molecular weight excluding hydrogens is 433 g/mol. The van der Waals surface area contributed by atoms with Crippen LogP contribution in [0.4, 0.5) is 10.1 Å². The smallest absolute Gasteiger partial charge is 0.242 e. The number of likely N-dealkylation sites (N-methyl/N-ethyl adjacent to an activating group) is 1. The molecule has 0 radical (unpaired) electrons. The molecule has 2 aromatic rings. The van der Waals surface area contributed by atoms with Crippen molar-refractivity contribution in [1.82, 2.24) is 10.2 Å². The van der Waals surface area contributed by atoms with Crippen LogP contribution in [-0.2, 0) is 26.2 Å². The lowest BCUT2D eigenvalue weighted by Crippen LogP contribution is -2.46. The molecule has 0 heterocycles. The van der Waals surface area contributed by atoms with Crippen molar-refractivity contribution in [2.75, 3.05) is 24.2 Å². The van der Waals surface area contributed by atoms with Crippen molar-refractivity contribution < 1.29 is 22.4 Å². The predicted molar refractivity (Wildman–Crippen MR) is 123 cm³/mol. The average Bonchev–Trinajstić information content (AvgIpc) is 2.74. The molecule has 1 unspecified atom stereocenters. The zero-order valence-electron chi connectivity index (χ0n) is 18.8. The first-order chi connectivity index (χ1) is 15.0. The Labute approximate surface area is 189 Å². The minimum absolute atomic E-state index is 0.0559. The number of benzene rings is 2. The monoisotopic (exact) mass is 463 g/mol. The third-order valence-electron chi connectivity index (χ3n) is 5.12. The minimum Gasteiger partial charge on any atom is -0.357 e. The highest BCUT2D eigenvalue weighted by Gasteiger charge is 2.26. The van der Waals surface area contributed by atoms with Crippen molar-refractivity contribution >= 4 is 27.5 Å². The Kier molecular flexibility index (Phi) is 8.77. The van der Waals surface area contributed by atoms with E-state index < -0.39 is 16.1 Å². The first kappa shape index (κ1) is 25.3. The fourth-order valence-electron chi connectivity index (χ4n) is 3.37. The number of nitrogens with one attached hydrogen (secondary N) is 1. The van der Waals surface area contributed by atoms with Crippen LogP contribution in [0.1, 0.15) is 30.9 Å². The van der Waals surface area contributed by atoms with Crippen LogP contribution in [0.2, 0.25) is 0 Å². The lowest BCUT2D eigenvalue weighted by Gasteiger charge is -2.29. The second-order valence-corrected chi connectivity index (χ2v) is 9.62. The highest BCUT2D eigenvalue weighted by atomic mass is 32.2. The lowest BCUT2D eigenvalue weighted by molar-refractivity contribution is -0.140. The van der Waals surface area contributed by atoms with Gasteiger partial charge < -0.3 is 10.2 Å². The summed E-state index contributed by atoms with van der Waals surface area (Å²) >= 11 is 0. The van der Waals surface area contributed by atoms with E-state index in [0.717, 1.165) is 11.8 Å². The molecule has 0 aromatic heterocycles. The van der Waals surface area contributed by atoms with Crippen molar-refractivity contribution in [3.63, 3.8) is 0 Å². The summed E-state index contributed by atoms with van der Waals surface area (Å²) in [5.74, 6) is -0.996. The number of hydrogen-bond acceptors (Lipinski definition) is 4. The summed E-state index contributed by atoms with van der Waals surface area (Å²) in [5, 5.41) is 2.54. The molecule has 9 heteroatoms. The van der Waals surface area contributed by atoms with E-state index in [0.29, 0.717) is 11.3 Å². The van der Waals surface area contributed by atoms with Gasteiger partial charge in [-0.2, -0.15) is 0 Å². The van der Waals surface area contributed by atoms with Gasteiger partial charge in [0.2, 0.25) is 21.8 Å². The zero-order valence-corrected chi connectivity index (χ0v) is 19.7. The van der Waals surface area contributed by atoms with Gasteiger partial charge in [0.25, 0.3) is 0 Å². The summed E-state index contributed by atoms with van der Waals surface area (Å²) in [6.07, 6.45) is 1.46. The molecule has 2 aromatic carbocycles. The second-order valence-electron chi connectivity index (χ2n) is 7.72. The molecule has 0 saturated heterocycles. The minimum atomic E-state index is -3.53. The Hall–Kier alpha value is -2.94. The lowest BCUT2D eigenvalue weighted by atomic mass is 10.1. The summed E-state index contributed by atoms with van der Waals surface area (Å²) in [7, 11) is -2.04. The molecule has 0 saturated carbocycles. The van der Waals surface area contributed by atoms with Gasteiger partial charge in [-0.1, -0.05) is 24.3 Å². The molecule has 174 valence electrons. The number of nitrogens with zero attached hydrogens (tertiary/aromatic N) is 2. The molecule has 0 aliphatic heterocycles. The number of sulfonamides is 1. The maximum atomic E-state index is 13.2. The number of aryl methyl sites for hydroxylation is 1. The number of hydrogen-bond donors (Lipinski definition) is 1. The number of halogens is 1. The SMILES string of the molecule is CNC(=O)C(C)N(Cc1ccc(F)cc1)C(=O)CCCN(c1cccc(C)c1)S(C)(=O)=O. The van der Waals surface area contributed by atoms with Gasteiger partial charge in [0.15, 0.2) is 0 Å². The standard InChI is InChI=1S/C23H30FN3O4S/c1-17-7-5-8-21(15-17)27(32(4,30)31)14-6-9-22(28)26(18(2)23(29)25-3)16-19-10-12-20(24)13-11-19/h5,7-8,10-13,15,18H,6,9,14,16H2,1-4H3,(H,25,29). The van der Waals surface area contributed by atoms with Gasteiger partial charge in [0.05, 0.1) is 11.9 Å². The molecule has 0 fully saturated rings. The molecule has 32 heavy (non-hydrogen) atoms. The highest BCUT2D eigenvalue weighted by molar-refractivity contribution is 7.92. The van der Waals surface area contributed by atoms with Crippen molar-refractivity contribution in [3.05, 3.63) is 65.5 Å². The van der Waals surface area contributed by atoms with Crippen LogP contribution in [0, 0.1) is 12.7 Å². The van der Waals surface area contributed by atoms with Crippen molar-refractivity contribution in [3.8, 4) is 0 Å². The first-order valence-corrected chi connectivity index (χ1v) is 12.2. The molecule has 1 atom stereocenters. The second kappa shape index (κ2) is 11.1. The largest absolute Gasteiger partial charge is 0.357 e. The normalized spacial score (nSPS) is 12.2. The maximum absolute atomic E-state index is 13.2. The molecular formula is C23H30FN3O4S. The summed E-state index contributed by atoms with van der Waals surface area (Å²) < 4.78 is 39.1. The van der Waals surface area contributed by atoms with E-state index in [2.05, 4.69) is 5.32 Å². The average molecular weight is 464 g/mol. The van der Waals surface area contributed by atoms with E-state index in [9.17, 15) is 22.4 Å². The molecule has 1 N–H and O–H groups in total. The summed E-state index contributed by atoms with van der Waals surface area (Å²) in [4.78, 5) is 26.6. The van der Waals surface area contributed by atoms with Gasteiger partial charge in [0, 0.05) is 26.6 Å². The number of anilines is 1. The fraction of sp³-hybridized carbons (Fsp3) is 0.391. The third kappa shape index (κ3) is 7.05. The Balaban J connectivity index is 2.13. The number of carbonyl (C=O) groups is 2. The van der Waals surface area contributed by atoms with Crippen LogP contribution in [0.5, 0.6) is 0 Å². The topological polar surface area (TPSA) is 86.8 Å². The van der Waals surface area contributed by atoms with Crippen LogP contribution in [-0.4, -0.2) is 51.0 Å². The van der Waals surface area contributed by atoms with Crippen LogP contribution < -0.4 is 9.62 Å². The zero-order chi connectivity index (χ0) is 23.9. The highest BCUT2D eigenvalue weighted by Crippen LogP contribution is 2.20. The summed E-state index contributed by atoms with van der Waals surface area (Å²) in [6, 6.07) is 12.1. The number of amides is 2. The molecule has 0 aliphatic carbocycles.